The highest BCUT2D eigenvalue weighted by Crippen LogP contribution is 2.40. The van der Waals surface area contributed by atoms with Gasteiger partial charge in [-0.25, -0.2) is 22.0 Å². The van der Waals surface area contributed by atoms with E-state index in [1.165, 1.54) is 62.3 Å². The predicted octanol–water partition coefficient (Wildman–Crippen LogP) is 4.86. The van der Waals surface area contributed by atoms with Crippen LogP contribution in [-0.4, -0.2) is 55.2 Å². The maximum Gasteiger partial charge on any atom is 0.409 e. The van der Waals surface area contributed by atoms with E-state index in [4.69, 9.17) is 10.5 Å². The molecule has 2 atom stereocenters. The standard InChI is InChI=1S/C30H32F2N4O7S/c1-16(2)44(41,42)26-11-8-19(34-30(39)40)15-20(26)24-5-4-12-36(24)29(38)27(17-6-10-22(32)25(14-17)43-3)35-23-13-18(28(33)37)7-9-21(23)31/h6-11,13-16,24,27,34-35H,4-5,12H2,1-3H3,(H2,33,37)(H,39,40)/t24-,27+/m1/s1. The van der Waals surface area contributed by atoms with Crippen molar-refractivity contribution in [3.63, 3.8) is 0 Å². The van der Waals surface area contributed by atoms with E-state index in [-0.39, 0.29) is 45.3 Å². The molecule has 3 aromatic rings. The zero-order valence-electron chi connectivity index (χ0n) is 24.1. The third-order valence-electron chi connectivity index (χ3n) is 7.39. The van der Waals surface area contributed by atoms with E-state index in [2.05, 4.69) is 10.6 Å². The number of anilines is 2. The van der Waals surface area contributed by atoms with Gasteiger partial charge in [0.15, 0.2) is 21.4 Å². The fourth-order valence-corrected chi connectivity index (χ4v) is 6.42. The summed E-state index contributed by atoms with van der Waals surface area (Å²) in [5, 5.41) is 13.5. The van der Waals surface area contributed by atoms with Crippen molar-refractivity contribution in [2.24, 2.45) is 5.73 Å². The summed E-state index contributed by atoms with van der Waals surface area (Å²) in [6.45, 7) is 3.20. The summed E-state index contributed by atoms with van der Waals surface area (Å²) in [6.07, 6.45) is -0.544. The number of amides is 3. The van der Waals surface area contributed by atoms with Crippen molar-refractivity contribution >= 4 is 39.1 Å². The third-order valence-corrected chi connectivity index (χ3v) is 9.62. The number of benzene rings is 3. The van der Waals surface area contributed by atoms with Gasteiger partial charge in [-0.2, -0.15) is 0 Å². The number of rotatable bonds is 10. The van der Waals surface area contributed by atoms with Crippen LogP contribution in [0.4, 0.5) is 25.0 Å². The normalized spacial score (nSPS) is 15.6. The molecule has 3 amide bonds. The van der Waals surface area contributed by atoms with E-state index in [0.717, 1.165) is 18.2 Å². The minimum Gasteiger partial charge on any atom is -0.494 e. The maximum atomic E-state index is 15.0. The van der Waals surface area contributed by atoms with Gasteiger partial charge in [0.25, 0.3) is 0 Å². The quantitative estimate of drug-likeness (QED) is 0.246. The molecule has 0 saturated carbocycles. The van der Waals surface area contributed by atoms with E-state index in [1.54, 1.807) is 0 Å². The summed E-state index contributed by atoms with van der Waals surface area (Å²) in [5.41, 5.74) is 5.64. The molecule has 11 nitrogen and oxygen atoms in total. The molecular formula is C30H32F2N4O7S. The molecular weight excluding hydrogens is 598 g/mol. The molecule has 1 saturated heterocycles. The smallest absolute Gasteiger partial charge is 0.409 e. The van der Waals surface area contributed by atoms with E-state index in [9.17, 15) is 36.7 Å². The molecule has 44 heavy (non-hydrogen) atoms. The number of ether oxygens (including phenoxy) is 1. The number of nitrogens with zero attached hydrogens (tertiary/aromatic N) is 1. The van der Waals surface area contributed by atoms with E-state index in [0.29, 0.717) is 12.8 Å². The van der Waals surface area contributed by atoms with Crippen LogP contribution in [0.15, 0.2) is 59.5 Å². The van der Waals surface area contributed by atoms with Gasteiger partial charge in [-0.1, -0.05) is 6.07 Å². The van der Waals surface area contributed by atoms with Crippen LogP contribution < -0.4 is 21.1 Å². The van der Waals surface area contributed by atoms with Crippen LogP contribution in [0.1, 0.15) is 60.3 Å². The Kier molecular flexibility index (Phi) is 9.42. The van der Waals surface area contributed by atoms with Crippen molar-refractivity contribution < 1.29 is 41.4 Å². The Morgan fingerprint density at radius 2 is 1.75 bits per heavy atom. The zero-order valence-corrected chi connectivity index (χ0v) is 25.0. The molecule has 0 spiro atoms. The van der Waals surface area contributed by atoms with E-state index >= 15 is 0 Å². The van der Waals surface area contributed by atoms with Crippen molar-refractivity contribution in [3.8, 4) is 5.75 Å². The van der Waals surface area contributed by atoms with Crippen molar-refractivity contribution in [2.75, 3.05) is 24.3 Å². The number of primary amides is 1. The van der Waals surface area contributed by atoms with Crippen molar-refractivity contribution in [1.82, 2.24) is 4.90 Å². The molecule has 0 bridgehead atoms. The lowest BCUT2D eigenvalue weighted by molar-refractivity contribution is -0.133. The Balaban J connectivity index is 1.84. The molecule has 5 N–H and O–H groups in total. The molecule has 0 unspecified atom stereocenters. The topological polar surface area (TPSA) is 168 Å². The number of nitrogens with two attached hydrogens (primary N) is 1. The number of hydrogen-bond acceptors (Lipinski definition) is 7. The number of nitrogens with one attached hydrogen (secondary N) is 2. The summed E-state index contributed by atoms with van der Waals surface area (Å²) < 4.78 is 61.1. The fraction of sp³-hybridized carbons (Fsp3) is 0.300. The largest absolute Gasteiger partial charge is 0.494 e. The summed E-state index contributed by atoms with van der Waals surface area (Å²) >= 11 is 0. The number of carboxylic acid groups (broad SMARTS) is 1. The second-order valence-electron chi connectivity index (χ2n) is 10.5. The van der Waals surface area contributed by atoms with Gasteiger partial charge in [-0.3, -0.25) is 14.9 Å². The fourth-order valence-electron chi connectivity index (χ4n) is 5.13. The van der Waals surface area contributed by atoms with Crippen LogP contribution in [0.25, 0.3) is 0 Å². The highest BCUT2D eigenvalue weighted by atomic mass is 32.2. The first-order valence-corrected chi connectivity index (χ1v) is 15.2. The molecule has 3 aromatic carbocycles. The van der Waals surface area contributed by atoms with Gasteiger partial charge < -0.3 is 25.8 Å². The summed E-state index contributed by atoms with van der Waals surface area (Å²) in [5.74, 6) is -3.11. The Hall–Kier alpha value is -4.72. The lowest BCUT2D eigenvalue weighted by Gasteiger charge is -2.32. The molecule has 14 heteroatoms. The van der Waals surface area contributed by atoms with Crippen LogP contribution in [0, 0.1) is 11.6 Å². The molecule has 1 aliphatic heterocycles. The Bertz CT molecular complexity index is 1720. The number of methoxy groups -OCH3 is 1. The van der Waals surface area contributed by atoms with Crippen molar-refractivity contribution in [1.29, 1.82) is 0 Å². The zero-order chi connectivity index (χ0) is 32.3. The van der Waals surface area contributed by atoms with Gasteiger partial charge in [0.05, 0.1) is 29.0 Å². The van der Waals surface area contributed by atoms with Gasteiger partial charge in [0, 0.05) is 17.8 Å². The second kappa shape index (κ2) is 12.9. The summed E-state index contributed by atoms with van der Waals surface area (Å²) in [4.78, 5) is 38.9. The Labute approximate surface area is 252 Å². The van der Waals surface area contributed by atoms with Crippen LogP contribution >= 0.6 is 0 Å². The molecule has 0 aliphatic carbocycles. The SMILES string of the molecule is COc1cc([C@H](Nc2cc(C(N)=O)ccc2F)C(=O)N2CCC[C@@H]2c2cc(NC(=O)O)ccc2S(=O)(=O)C(C)C)ccc1F. The van der Waals surface area contributed by atoms with Crippen LogP contribution in [-0.2, 0) is 14.6 Å². The minimum absolute atomic E-state index is 0.0258. The van der Waals surface area contributed by atoms with Gasteiger partial charge in [0.2, 0.25) is 11.8 Å². The molecule has 1 heterocycles. The van der Waals surface area contributed by atoms with Gasteiger partial charge >= 0.3 is 6.09 Å². The molecule has 1 fully saturated rings. The van der Waals surface area contributed by atoms with Crippen LogP contribution in [0.2, 0.25) is 0 Å². The minimum atomic E-state index is -3.87. The lowest BCUT2D eigenvalue weighted by Crippen LogP contribution is -2.38. The van der Waals surface area contributed by atoms with Crippen LogP contribution in [0.3, 0.4) is 0 Å². The average molecular weight is 631 g/mol. The molecule has 1 aliphatic rings. The highest BCUT2D eigenvalue weighted by molar-refractivity contribution is 7.92. The lowest BCUT2D eigenvalue weighted by atomic mass is 10.0. The number of carbonyl (C=O) groups is 3. The first-order chi connectivity index (χ1) is 20.7. The summed E-state index contributed by atoms with van der Waals surface area (Å²) in [7, 11) is -2.63. The third kappa shape index (κ3) is 6.59. The molecule has 234 valence electrons. The predicted molar refractivity (Wildman–Crippen MR) is 158 cm³/mol. The Morgan fingerprint density at radius 3 is 2.39 bits per heavy atom. The van der Waals surface area contributed by atoms with Gasteiger partial charge in [-0.05, 0) is 86.3 Å². The van der Waals surface area contributed by atoms with E-state index < -0.39 is 56.7 Å². The van der Waals surface area contributed by atoms with Crippen molar-refractivity contribution in [3.05, 3.63) is 82.9 Å². The number of halogens is 2. The number of likely N-dealkylation sites (tertiary alicyclic amines) is 1. The molecule has 0 aromatic heterocycles. The number of sulfone groups is 1. The van der Waals surface area contributed by atoms with Gasteiger partial charge in [0.1, 0.15) is 11.9 Å². The first kappa shape index (κ1) is 32.2. The molecule has 0 radical (unpaired) electrons. The Morgan fingerprint density at radius 1 is 1.05 bits per heavy atom. The first-order valence-electron chi connectivity index (χ1n) is 13.6. The monoisotopic (exact) mass is 630 g/mol. The van der Waals surface area contributed by atoms with Crippen molar-refractivity contribution in [2.45, 2.75) is 48.9 Å². The molecule has 4 rings (SSSR count). The number of hydrogen-bond donors (Lipinski definition) is 4. The average Bonchev–Trinajstić information content (AvgIpc) is 3.46. The highest BCUT2D eigenvalue weighted by Gasteiger charge is 2.38. The summed E-state index contributed by atoms with van der Waals surface area (Å²) in [6, 6.07) is 8.89. The van der Waals surface area contributed by atoms with Crippen LogP contribution in [0.5, 0.6) is 5.75 Å². The maximum absolute atomic E-state index is 15.0. The van der Waals surface area contributed by atoms with E-state index in [1.807, 2.05) is 0 Å². The van der Waals surface area contributed by atoms with Gasteiger partial charge in [-0.15, -0.1) is 0 Å². The second-order valence-corrected chi connectivity index (χ2v) is 13.0. The number of carbonyl (C=O) groups excluding carboxylic acids is 2.